The van der Waals surface area contributed by atoms with E-state index in [1.165, 1.54) is 24.9 Å². The topological polar surface area (TPSA) is 32.3 Å². The van der Waals surface area contributed by atoms with E-state index in [-0.39, 0.29) is 5.91 Å². The summed E-state index contributed by atoms with van der Waals surface area (Å²) in [6, 6.07) is 20.5. The highest BCUT2D eigenvalue weighted by molar-refractivity contribution is 9.10. The molecule has 0 aromatic heterocycles. The van der Waals surface area contributed by atoms with Gasteiger partial charge in [0.2, 0.25) is 0 Å². The maximum atomic E-state index is 12.8. The fourth-order valence-corrected chi connectivity index (χ4v) is 4.38. The lowest BCUT2D eigenvalue weighted by molar-refractivity contribution is 0.102. The Bertz CT molecular complexity index is 968. The van der Waals surface area contributed by atoms with Crippen LogP contribution in [-0.2, 0) is 0 Å². The molecule has 4 heteroatoms. The van der Waals surface area contributed by atoms with Gasteiger partial charge in [0.15, 0.2) is 0 Å². The Kier molecular flexibility index (Phi) is 5.17. The lowest BCUT2D eigenvalue weighted by atomic mass is 10.0. The molecule has 3 aromatic carbocycles. The summed E-state index contributed by atoms with van der Waals surface area (Å²) in [5.74, 6) is -0.0854. The summed E-state index contributed by atoms with van der Waals surface area (Å²) in [6.45, 7) is 3.39. The van der Waals surface area contributed by atoms with E-state index in [1.54, 1.807) is 0 Å². The highest BCUT2D eigenvalue weighted by atomic mass is 79.9. The molecule has 0 unspecified atom stereocenters. The van der Waals surface area contributed by atoms with Crippen molar-refractivity contribution in [2.24, 2.45) is 0 Å². The Hall–Kier alpha value is -2.33. The average molecular weight is 423 g/mol. The van der Waals surface area contributed by atoms with Crippen LogP contribution in [0.5, 0.6) is 0 Å². The molecule has 1 atom stereocenters. The summed E-state index contributed by atoms with van der Waals surface area (Å²) in [5, 5.41) is 5.03. The molecule has 0 bridgehead atoms. The summed E-state index contributed by atoms with van der Waals surface area (Å²) >= 11 is 3.56. The smallest absolute Gasteiger partial charge is 0.256 e. The number of carbonyl (C=O) groups excluding carboxylic acids is 1. The van der Waals surface area contributed by atoms with Gasteiger partial charge < -0.3 is 10.2 Å². The fourth-order valence-electron chi connectivity index (χ4n) is 3.89. The first-order valence-corrected chi connectivity index (χ1v) is 10.3. The lowest BCUT2D eigenvalue weighted by Crippen LogP contribution is -2.37. The van der Waals surface area contributed by atoms with Crippen LogP contribution in [0, 0.1) is 0 Å². The standard InChI is InChI=1S/C23H23BrN2O/c1-16-6-2-3-15-26(16)18-13-11-17(12-14-18)25-23(27)21-9-4-8-20-19(21)7-5-10-22(20)24/h4-5,7-14,16H,2-3,6,15H2,1H3,(H,25,27)/t16-/m0/s1. The third kappa shape index (κ3) is 3.72. The van der Waals surface area contributed by atoms with Crippen LogP contribution in [0.15, 0.2) is 65.1 Å². The fraction of sp³-hybridized carbons (Fsp3) is 0.261. The van der Waals surface area contributed by atoms with Crippen molar-refractivity contribution in [2.45, 2.75) is 32.2 Å². The largest absolute Gasteiger partial charge is 0.369 e. The summed E-state index contributed by atoms with van der Waals surface area (Å²) in [5.41, 5.74) is 2.73. The summed E-state index contributed by atoms with van der Waals surface area (Å²) in [4.78, 5) is 15.3. The number of nitrogens with one attached hydrogen (secondary N) is 1. The number of halogens is 1. The van der Waals surface area contributed by atoms with Crippen molar-refractivity contribution >= 4 is 44.0 Å². The molecule has 1 amide bonds. The molecular weight excluding hydrogens is 400 g/mol. The van der Waals surface area contributed by atoms with Crippen molar-refractivity contribution in [2.75, 3.05) is 16.8 Å². The molecule has 0 spiro atoms. The number of carbonyl (C=O) groups is 1. The zero-order valence-electron chi connectivity index (χ0n) is 15.4. The van der Waals surface area contributed by atoms with Crippen LogP contribution in [0.3, 0.4) is 0 Å². The molecule has 27 heavy (non-hydrogen) atoms. The van der Waals surface area contributed by atoms with Crippen LogP contribution in [0.4, 0.5) is 11.4 Å². The van der Waals surface area contributed by atoms with Crippen molar-refractivity contribution in [3.63, 3.8) is 0 Å². The SMILES string of the molecule is C[C@H]1CCCCN1c1ccc(NC(=O)c2cccc3c(Br)cccc23)cc1. The van der Waals surface area contributed by atoms with E-state index in [9.17, 15) is 4.79 Å². The second-order valence-corrected chi connectivity index (χ2v) is 8.03. The van der Waals surface area contributed by atoms with Crippen LogP contribution in [0.2, 0.25) is 0 Å². The Morgan fingerprint density at radius 3 is 2.52 bits per heavy atom. The molecule has 1 aliphatic rings. The predicted octanol–water partition coefficient (Wildman–Crippen LogP) is 6.23. The minimum Gasteiger partial charge on any atom is -0.369 e. The maximum Gasteiger partial charge on any atom is 0.256 e. The van der Waals surface area contributed by atoms with Gasteiger partial charge in [0.05, 0.1) is 0 Å². The van der Waals surface area contributed by atoms with E-state index in [4.69, 9.17) is 0 Å². The number of amides is 1. The molecule has 1 aliphatic heterocycles. The van der Waals surface area contributed by atoms with E-state index < -0.39 is 0 Å². The minimum absolute atomic E-state index is 0.0854. The van der Waals surface area contributed by atoms with Crippen molar-refractivity contribution in [3.8, 4) is 0 Å². The Morgan fingerprint density at radius 1 is 1.00 bits per heavy atom. The van der Waals surface area contributed by atoms with E-state index in [2.05, 4.69) is 45.2 Å². The van der Waals surface area contributed by atoms with E-state index >= 15 is 0 Å². The number of hydrogen-bond acceptors (Lipinski definition) is 2. The molecule has 3 nitrogen and oxygen atoms in total. The number of rotatable bonds is 3. The quantitative estimate of drug-likeness (QED) is 0.541. The van der Waals surface area contributed by atoms with Crippen LogP contribution in [0.1, 0.15) is 36.5 Å². The van der Waals surface area contributed by atoms with Gasteiger partial charge in [-0.3, -0.25) is 4.79 Å². The second-order valence-electron chi connectivity index (χ2n) is 7.18. The molecule has 3 aromatic rings. The number of hydrogen-bond donors (Lipinski definition) is 1. The highest BCUT2D eigenvalue weighted by Crippen LogP contribution is 2.28. The van der Waals surface area contributed by atoms with Crippen LogP contribution >= 0.6 is 15.9 Å². The van der Waals surface area contributed by atoms with E-state index in [1.807, 2.05) is 48.5 Å². The first-order valence-electron chi connectivity index (χ1n) is 9.49. The molecule has 1 saturated heterocycles. The van der Waals surface area contributed by atoms with Crippen LogP contribution in [0.25, 0.3) is 10.8 Å². The number of piperidine rings is 1. The maximum absolute atomic E-state index is 12.8. The lowest BCUT2D eigenvalue weighted by Gasteiger charge is -2.35. The predicted molar refractivity (Wildman–Crippen MR) is 117 cm³/mol. The second kappa shape index (κ2) is 7.73. The Labute approximate surface area is 168 Å². The van der Waals surface area contributed by atoms with Gasteiger partial charge in [-0.2, -0.15) is 0 Å². The molecule has 1 N–H and O–H groups in total. The molecule has 1 heterocycles. The molecule has 1 fully saturated rings. The molecule has 0 aliphatic carbocycles. The Balaban J connectivity index is 1.54. The Morgan fingerprint density at radius 2 is 1.74 bits per heavy atom. The number of benzene rings is 3. The molecule has 0 radical (unpaired) electrons. The van der Waals surface area contributed by atoms with Crippen LogP contribution in [-0.4, -0.2) is 18.5 Å². The van der Waals surface area contributed by atoms with Gasteiger partial charge in [0.1, 0.15) is 0 Å². The van der Waals surface area contributed by atoms with Gasteiger partial charge >= 0.3 is 0 Å². The normalized spacial score (nSPS) is 17.1. The molecule has 138 valence electrons. The van der Waals surface area contributed by atoms with Crippen molar-refractivity contribution in [1.29, 1.82) is 0 Å². The number of anilines is 2. The monoisotopic (exact) mass is 422 g/mol. The number of fused-ring (bicyclic) bond motifs is 1. The van der Waals surface area contributed by atoms with Gasteiger partial charge in [0, 0.05) is 34.0 Å². The van der Waals surface area contributed by atoms with Gasteiger partial charge in [-0.05, 0) is 73.4 Å². The van der Waals surface area contributed by atoms with Gasteiger partial charge in [-0.1, -0.05) is 40.2 Å². The summed E-state index contributed by atoms with van der Waals surface area (Å²) < 4.78 is 0.995. The third-order valence-corrected chi connectivity index (χ3v) is 6.06. The van der Waals surface area contributed by atoms with Crippen molar-refractivity contribution < 1.29 is 4.79 Å². The minimum atomic E-state index is -0.0854. The molecule has 0 saturated carbocycles. The summed E-state index contributed by atoms with van der Waals surface area (Å²) in [7, 11) is 0. The zero-order valence-corrected chi connectivity index (χ0v) is 17.0. The first-order chi connectivity index (χ1) is 13.1. The van der Waals surface area contributed by atoms with Gasteiger partial charge in [0.25, 0.3) is 5.91 Å². The van der Waals surface area contributed by atoms with Crippen LogP contribution < -0.4 is 10.2 Å². The van der Waals surface area contributed by atoms with E-state index in [0.717, 1.165) is 27.5 Å². The zero-order chi connectivity index (χ0) is 18.8. The molecule has 4 rings (SSSR count). The average Bonchev–Trinajstić information content (AvgIpc) is 2.69. The molecular formula is C23H23BrN2O. The van der Waals surface area contributed by atoms with Gasteiger partial charge in [-0.25, -0.2) is 0 Å². The third-order valence-electron chi connectivity index (χ3n) is 5.37. The number of nitrogens with zero attached hydrogens (tertiary/aromatic N) is 1. The first kappa shape index (κ1) is 18.1. The van der Waals surface area contributed by atoms with Crippen molar-refractivity contribution in [3.05, 3.63) is 70.7 Å². The van der Waals surface area contributed by atoms with Gasteiger partial charge in [-0.15, -0.1) is 0 Å². The van der Waals surface area contributed by atoms with E-state index in [0.29, 0.717) is 11.6 Å². The highest BCUT2D eigenvalue weighted by Gasteiger charge is 2.18. The van der Waals surface area contributed by atoms with Crippen molar-refractivity contribution in [1.82, 2.24) is 0 Å². The summed E-state index contributed by atoms with van der Waals surface area (Å²) in [6.07, 6.45) is 3.81.